The molecule has 0 fully saturated rings. The summed E-state index contributed by atoms with van der Waals surface area (Å²) in [4.78, 5) is 43.4. The molecule has 0 unspecified atom stereocenters. The van der Waals surface area contributed by atoms with Crippen molar-refractivity contribution < 1.29 is 28.7 Å². The zero-order valence-corrected chi connectivity index (χ0v) is 18.6. The van der Waals surface area contributed by atoms with Crippen molar-refractivity contribution in [3.63, 3.8) is 0 Å². The number of benzene rings is 3. The molecule has 0 bridgehead atoms. The average Bonchev–Trinajstić information content (AvgIpc) is 2.87. The highest BCUT2D eigenvalue weighted by Crippen LogP contribution is 2.37. The van der Waals surface area contributed by atoms with Crippen molar-refractivity contribution in [2.75, 3.05) is 19.5 Å². The fraction of sp³-hybridized carbons (Fsp3) is 0.0833. The number of methoxy groups -OCH3 is 2. The third-order valence-corrected chi connectivity index (χ3v) is 4.97. The highest BCUT2D eigenvalue weighted by molar-refractivity contribution is 5.97. The zero-order chi connectivity index (χ0) is 24.9. The van der Waals surface area contributed by atoms with Crippen LogP contribution in [-0.4, -0.2) is 41.0 Å². The monoisotopic (exact) mass is 474 g/mol. The highest BCUT2D eigenvalue weighted by atomic mass is 16.6. The average molecular weight is 474 g/mol. The van der Waals surface area contributed by atoms with Gasteiger partial charge in [0.1, 0.15) is 12.1 Å². The van der Waals surface area contributed by atoms with E-state index >= 15 is 0 Å². The molecule has 11 nitrogen and oxygen atoms in total. The maximum Gasteiger partial charge on any atom is 0.373 e. The third kappa shape index (κ3) is 4.83. The lowest BCUT2D eigenvalue weighted by atomic mass is 10.1. The van der Waals surface area contributed by atoms with Gasteiger partial charge < -0.3 is 19.5 Å². The van der Waals surface area contributed by atoms with Crippen LogP contribution in [0, 0.1) is 10.1 Å². The molecule has 176 valence electrons. The Bertz CT molecular complexity index is 1420. The number of fused-ring (bicyclic) bond motifs is 1. The van der Waals surface area contributed by atoms with Gasteiger partial charge in [-0.1, -0.05) is 36.4 Å². The molecule has 1 aromatic heterocycles. The molecular formula is C24H18N4O7. The number of aromatic nitrogens is 2. The number of anilines is 2. The Morgan fingerprint density at radius 1 is 0.914 bits per heavy atom. The van der Waals surface area contributed by atoms with Crippen molar-refractivity contribution >= 4 is 39.9 Å². The number of nitrogens with one attached hydrogen (secondary N) is 1. The first-order chi connectivity index (χ1) is 16.9. The predicted molar refractivity (Wildman–Crippen MR) is 125 cm³/mol. The van der Waals surface area contributed by atoms with Gasteiger partial charge >= 0.3 is 23.5 Å². The number of carbonyl (C=O) groups excluding carboxylic acids is 2. The van der Waals surface area contributed by atoms with E-state index in [9.17, 15) is 19.7 Å². The minimum absolute atomic E-state index is 0.0295. The second-order valence-corrected chi connectivity index (χ2v) is 7.12. The Morgan fingerprint density at radius 3 is 2.23 bits per heavy atom. The fourth-order valence-corrected chi connectivity index (χ4v) is 3.39. The number of nitro groups is 1. The number of esters is 2. The molecule has 0 atom stereocenters. The number of carbonyl (C=O) groups is 2. The SMILES string of the molecule is COC(=O)c1cc(Nc2ncnc(Oc3cccc4ccccc34)c2[N+](=O)[O-])cc(C(=O)OC)c1. The van der Waals surface area contributed by atoms with Gasteiger partial charge in [-0.15, -0.1) is 0 Å². The van der Waals surface area contributed by atoms with Crippen LogP contribution < -0.4 is 10.1 Å². The van der Waals surface area contributed by atoms with Gasteiger partial charge in [-0.2, -0.15) is 4.98 Å². The fourth-order valence-electron chi connectivity index (χ4n) is 3.39. The van der Waals surface area contributed by atoms with Crippen molar-refractivity contribution in [1.29, 1.82) is 0 Å². The smallest absolute Gasteiger partial charge is 0.373 e. The van der Waals surface area contributed by atoms with Crippen molar-refractivity contribution in [3.8, 4) is 11.6 Å². The van der Waals surface area contributed by atoms with Crippen LogP contribution in [0.4, 0.5) is 17.2 Å². The molecule has 3 aromatic carbocycles. The molecule has 0 aliphatic rings. The lowest BCUT2D eigenvalue weighted by Gasteiger charge is -2.12. The molecule has 11 heteroatoms. The molecule has 0 radical (unpaired) electrons. The quantitative estimate of drug-likeness (QED) is 0.228. The van der Waals surface area contributed by atoms with Crippen molar-refractivity contribution in [2.24, 2.45) is 0 Å². The van der Waals surface area contributed by atoms with E-state index in [1.54, 1.807) is 12.1 Å². The molecular weight excluding hydrogens is 456 g/mol. The van der Waals surface area contributed by atoms with Gasteiger partial charge in [0.2, 0.25) is 5.82 Å². The van der Waals surface area contributed by atoms with Crippen LogP contribution in [0.5, 0.6) is 11.6 Å². The number of hydrogen-bond acceptors (Lipinski definition) is 10. The van der Waals surface area contributed by atoms with Gasteiger partial charge in [0.25, 0.3) is 0 Å². The molecule has 0 amide bonds. The van der Waals surface area contributed by atoms with E-state index in [2.05, 4.69) is 15.3 Å². The van der Waals surface area contributed by atoms with E-state index < -0.39 is 22.5 Å². The maximum absolute atomic E-state index is 12.1. The van der Waals surface area contributed by atoms with Gasteiger partial charge in [-0.3, -0.25) is 10.1 Å². The summed E-state index contributed by atoms with van der Waals surface area (Å²) in [6.07, 6.45) is 1.10. The van der Waals surface area contributed by atoms with Crippen LogP contribution in [0.2, 0.25) is 0 Å². The normalized spacial score (nSPS) is 10.5. The number of rotatable bonds is 7. The topological polar surface area (TPSA) is 143 Å². The molecule has 4 rings (SSSR count). The second kappa shape index (κ2) is 9.83. The molecule has 1 heterocycles. The number of hydrogen-bond donors (Lipinski definition) is 1. The van der Waals surface area contributed by atoms with Gasteiger partial charge in [0, 0.05) is 11.1 Å². The lowest BCUT2D eigenvalue weighted by molar-refractivity contribution is -0.385. The Balaban J connectivity index is 1.77. The van der Waals surface area contributed by atoms with Crippen LogP contribution >= 0.6 is 0 Å². The third-order valence-electron chi connectivity index (χ3n) is 4.97. The van der Waals surface area contributed by atoms with E-state index in [1.807, 2.05) is 30.3 Å². The first-order valence-corrected chi connectivity index (χ1v) is 10.1. The van der Waals surface area contributed by atoms with Crippen LogP contribution in [0.25, 0.3) is 10.8 Å². The molecule has 0 saturated carbocycles. The van der Waals surface area contributed by atoms with Gasteiger partial charge in [0.15, 0.2) is 0 Å². The summed E-state index contributed by atoms with van der Waals surface area (Å²) >= 11 is 0. The Morgan fingerprint density at radius 2 is 1.57 bits per heavy atom. The maximum atomic E-state index is 12.1. The minimum atomic E-state index is -0.712. The summed E-state index contributed by atoms with van der Waals surface area (Å²) in [6.45, 7) is 0. The molecule has 1 N–H and O–H groups in total. The Kier molecular flexibility index (Phi) is 6.49. The van der Waals surface area contributed by atoms with Gasteiger partial charge in [-0.25, -0.2) is 14.6 Å². The van der Waals surface area contributed by atoms with Crippen molar-refractivity contribution in [3.05, 3.63) is 88.2 Å². The van der Waals surface area contributed by atoms with Crippen LogP contribution in [-0.2, 0) is 9.47 Å². The molecule has 0 aliphatic heterocycles. The molecule has 4 aromatic rings. The standard InChI is InChI=1S/C24H18N4O7/c1-33-23(29)15-10-16(24(30)34-2)12-17(11-15)27-21-20(28(31)32)22(26-13-25-21)35-19-9-5-7-14-6-3-4-8-18(14)19/h3-13H,1-2H3,(H,25,26,27). The summed E-state index contributed by atoms with van der Waals surface area (Å²) in [6, 6.07) is 16.7. The zero-order valence-electron chi connectivity index (χ0n) is 18.6. The molecule has 0 aliphatic carbocycles. The van der Waals surface area contributed by atoms with E-state index in [0.717, 1.165) is 17.1 Å². The van der Waals surface area contributed by atoms with E-state index in [4.69, 9.17) is 14.2 Å². The predicted octanol–water partition coefficient (Wildman–Crippen LogP) is 4.65. The van der Waals surface area contributed by atoms with Crippen molar-refractivity contribution in [1.82, 2.24) is 9.97 Å². The molecule has 0 spiro atoms. The minimum Gasteiger partial charge on any atom is -0.465 e. The van der Waals surface area contributed by atoms with E-state index in [1.165, 1.54) is 32.4 Å². The van der Waals surface area contributed by atoms with E-state index in [0.29, 0.717) is 5.75 Å². The van der Waals surface area contributed by atoms with Crippen molar-refractivity contribution in [2.45, 2.75) is 0 Å². The Hall–Kier alpha value is -5.06. The van der Waals surface area contributed by atoms with E-state index in [-0.39, 0.29) is 28.5 Å². The van der Waals surface area contributed by atoms with Crippen LogP contribution in [0.15, 0.2) is 67.0 Å². The summed E-state index contributed by atoms with van der Waals surface area (Å²) in [7, 11) is 2.37. The summed E-state index contributed by atoms with van der Waals surface area (Å²) in [5.74, 6) is -1.55. The van der Waals surface area contributed by atoms with Crippen LogP contribution in [0.1, 0.15) is 20.7 Å². The summed E-state index contributed by atoms with van der Waals surface area (Å²) < 4.78 is 15.3. The summed E-state index contributed by atoms with van der Waals surface area (Å²) in [5, 5.41) is 16.4. The second-order valence-electron chi connectivity index (χ2n) is 7.12. The molecule has 35 heavy (non-hydrogen) atoms. The van der Waals surface area contributed by atoms with Gasteiger partial charge in [-0.05, 0) is 29.7 Å². The lowest BCUT2D eigenvalue weighted by Crippen LogP contribution is -2.09. The molecule has 0 saturated heterocycles. The van der Waals surface area contributed by atoms with Crippen LogP contribution in [0.3, 0.4) is 0 Å². The summed E-state index contributed by atoms with van der Waals surface area (Å²) in [5.41, 5.74) is -0.321. The number of nitrogens with zero attached hydrogens (tertiary/aromatic N) is 3. The van der Waals surface area contributed by atoms with Gasteiger partial charge in [0.05, 0.1) is 30.3 Å². The first-order valence-electron chi connectivity index (χ1n) is 10.1. The number of ether oxygens (including phenoxy) is 3. The highest BCUT2D eigenvalue weighted by Gasteiger charge is 2.26. The Labute approximate surface area is 198 Å². The largest absolute Gasteiger partial charge is 0.465 e. The first kappa shape index (κ1) is 23.1.